The first kappa shape index (κ1) is 14.8. The van der Waals surface area contributed by atoms with E-state index >= 15 is 0 Å². The van der Waals surface area contributed by atoms with Gasteiger partial charge >= 0.3 is 12.0 Å². The number of aliphatic carboxylic acids is 1. The molecule has 0 radical (unpaired) electrons. The second-order valence-corrected chi connectivity index (χ2v) is 5.78. The number of carboxylic acid groups (broad SMARTS) is 1. The number of carbonyl (C=O) groups is 2. The number of amides is 2. The molecule has 110 valence electrons. The number of hydrogen-bond donors (Lipinski definition) is 2. The van der Waals surface area contributed by atoms with Gasteiger partial charge in [0.1, 0.15) is 5.01 Å². The second-order valence-electron chi connectivity index (χ2n) is 4.85. The molecule has 1 aromatic rings. The van der Waals surface area contributed by atoms with E-state index in [1.807, 2.05) is 12.3 Å². The predicted octanol–water partition coefficient (Wildman–Crippen LogP) is 2.24. The number of urea groups is 1. The van der Waals surface area contributed by atoms with Crippen LogP contribution in [0.25, 0.3) is 0 Å². The van der Waals surface area contributed by atoms with Crippen molar-refractivity contribution in [2.75, 3.05) is 6.54 Å². The molecule has 2 rings (SSSR count). The lowest BCUT2D eigenvalue weighted by Gasteiger charge is -2.25. The van der Waals surface area contributed by atoms with E-state index in [0.29, 0.717) is 0 Å². The average Bonchev–Trinajstić information content (AvgIpc) is 3.10. The van der Waals surface area contributed by atoms with E-state index in [-0.39, 0.29) is 31.1 Å². The Hall–Kier alpha value is -1.63. The normalized spacial score (nSPS) is 15.7. The zero-order valence-corrected chi connectivity index (χ0v) is 12.2. The van der Waals surface area contributed by atoms with Crippen LogP contribution in [0.1, 0.15) is 43.7 Å². The summed E-state index contributed by atoms with van der Waals surface area (Å²) in [5.41, 5.74) is 0. The number of carbonyl (C=O) groups excluding carboxylic acids is 1. The zero-order chi connectivity index (χ0) is 14.5. The van der Waals surface area contributed by atoms with Crippen LogP contribution in [0.5, 0.6) is 0 Å². The summed E-state index contributed by atoms with van der Waals surface area (Å²) in [6, 6.07) is -0.0903. The molecule has 1 atom stereocenters. The summed E-state index contributed by atoms with van der Waals surface area (Å²) < 4.78 is 0. The van der Waals surface area contributed by atoms with Gasteiger partial charge in [-0.05, 0) is 19.3 Å². The van der Waals surface area contributed by atoms with Gasteiger partial charge in [-0.3, -0.25) is 4.79 Å². The van der Waals surface area contributed by atoms with Crippen LogP contribution >= 0.6 is 11.3 Å². The van der Waals surface area contributed by atoms with Crippen molar-refractivity contribution in [2.24, 2.45) is 0 Å². The van der Waals surface area contributed by atoms with E-state index in [2.05, 4.69) is 10.3 Å². The van der Waals surface area contributed by atoms with Gasteiger partial charge < -0.3 is 15.3 Å². The maximum absolute atomic E-state index is 12.3. The number of hydrogen-bond acceptors (Lipinski definition) is 4. The molecule has 6 nitrogen and oxygen atoms in total. The summed E-state index contributed by atoms with van der Waals surface area (Å²) in [6.45, 7) is 2.26. The minimum atomic E-state index is -0.879. The lowest BCUT2D eigenvalue weighted by molar-refractivity contribution is -0.137. The van der Waals surface area contributed by atoms with Crippen molar-refractivity contribution in [2.45, 2.75) is 44.7 Å². The Morgan fingerprint density at radius 1 is 1.60 bits per heavy atom. The molecular weight excluding hydrogens is 278 g/mol. The fourth-order valence-corrected chi connectivity index (χ4v) is 2.80. The van der Waals surface area contributed by atoms with Gasteiger partial charge in [0, 0.05) is 24.2 Å². The zero-order valence-electron chi connectivity index (χ0n) is 11.4. The number of carboxylic acids is 1. The van der Waals surface area contributed by atoms with Gasteiger partial charge in [0.2, 0.25) is 0 Å². The maximum atomic E-state index is 12.3. The predicted molar refractivity (Wildman–Crippen MR) is 75.7 cm³/mol. The van der Waals surface area contributed by atoms with Gasteiger partial charge in [0.25, 0.3) is 0 Å². The van der Waals surface area contributed by atoms with Crippen molar-refractivity contribution < 1.29 is 14.7 Å². The number of nitrogens with zero attached hydrogens (tertiary/aromatic N) is 2. The first-order valence-electron chi connectivity index (χ1n) is 6.80. The highest BCUT2D eigenvalue weighted by Gasteiger charge is 2.33. The minimum absolute atomic E-state index is 0.0159. The van der Waals surface area contributed by atoms with E-state index in [4.69, 9.17) is 5.11 Å². The first-order chi connectivity index (χ1) is 9.61. The third kappa shape index (κ3) is 3.93. The second kappa shape index (κ2) is 6.69. The number of aromatic nitrogens is 1. The molecule has 1 saturated carbocycles. The summed E-state index contributed by atoms with van der Waals surface area (Å²) in [5, 5.41) is 14.5. The Kier molecular flexibility index (Phi) is 4.94. The van der Waals surface area contributed by atoms with Crippen LogP contribution in [0.15, 0.2) is 11.6 Å². The molecule has 0 aliphatic heterocycles. The molecule has 1 aromatic heterocycles. The van der Waals surface area contributed by atoms with Crippen molar-refractivity contribution in [3.8, 4) is 0 Å². The average molecular weight is 297 g/mol. The Morgan fingerprint density at radius 3 is 2.85 bits per heavy atom. The highest BCUT2D eigenvalue weighted by molar-refractivity contribution is 7.09. The molecule has 7 heteroatoms. The lowest BCUT2D eigenvalue weighted by atomic mass is 10.2. The number of rotatable bonds is 7. The standard InChI is InChI=1S/C13H19N3O3S/c1-2-10(12-14-6-8-20-12)15-13(19)16(9-3-4-9)7-5-11(17)18/h6,8-10H,2-5,7H2,1H3,(H,15,19)(H,17,18). The lowest BCUT2D eigenvalue weighted by Crippen LogP contribution is -2.43. The summed E-state index contributed by atoms with van der Waals surface area (Å²) in [6.07, 6.45) is 4.38. The fraction of sp³-hybridized carbons (Fsp3) is 0.615. The molecule has 0 aromatic carbocycles. The quantitative estimate of drug-likeness (QED) is 0.808. The molecule has 0 saturated heterocycles. The molecule has 1 heterocycles. The largest absolute Gasteiger partial charge is 0.481 e. The topological polar surface area (TPSA) is 82.5 Å². The van der Waals surface area contributed by atoms with Crippen molar-refractivity contribution in [1.29, 1.82) is 0 Å². The van der Waals surface area contributed by atoms with Gasteiger partial charge in [0.05, 0.1) is 12.5 Å². The van der Waals surface area contributed by atoms with Crippen molar-refractivity contribution in [1.82, 2.24) is 15.2 Å². The van der Waals surface area contributed by atoms with E-state index in [0.717, 1.165) is 24.3 Å². The van der Waals surface area contributed by atoms with Gasteiger partial charge in [-0.25, -0.2) is 9.78 Å². The molecule has 1 fully saturated rings. The van der Waals surface area contributed by atoms with E-state index in [1.54, 1.807) is 11.1 Å². The maximum Gasteiger partial charge on any atom is 0.318 e. The molecule has 2 amide bonds. The Balaban J connectivity index is 1.95. The third-order valence-electron chi connectivity index (χ3n) is 3.27. The van der Waals surface area contributed by atoms with Gasteiger partial charge in [0.15, 0.2) is 0 Å². The van der Waals surface area contributed by atoms with Crippen LogP contribution in [0.4, 0.5) is 4.79 Å². The molecule has 0 spiro atoms. The summed E-state index contributed by atoms with van der Waals surface area (Å²) in [4.78, 5) is 28.8. The van der Waals surface area contributed by atoms with Gasteiger partial charge in [-0.2, -0.15) is 0 Å². The monoisotopic (exact) mass is 297 g/mol. The van der Waals surface area contributed by atoms with Crippen molar-refractivity contribution >= 4 is 23.3 Å². The van der Waals surface area contributed by atoms with Crippen LogP contribution in [0, 0.1) is 0 Å². The molecule has 1 aliphatic carbocycles. The molecule has 20 heavy (non-hydrogen) atoms. The van der Waals surface area contributed by atoms with Gasteiger partial charge in [-0.15, -0.1) is 11.3 Å². The van der Waals surface area contributed by atoms with Crippen LogP contribution < -0.4 is 5.32 Å². The molecule has 0 bridgehead atoms. The molecule has 1 unspecified atom stereocenters. The molecule has 2 N–H and O–H groups in total. The van der Waals surface area contributed by atoms with E-state index in [9.17, 15) is 9.59 Å². The van der Waals surface area contributed by atoms with Crippen LogP contribution in [-0.2, 0) is 4.79 Å². The molecular formula is C13H19N3O3S. The van der Waals surface area contributed by atoms with Crippen LogP contribution in [-0.4, -0.2) is 39.6 Å². The van der Waals surface area contributed by atoms with Crippen molar-refractivity contribution in [3.63, 3.8) is 0 Å². The minimum Gasteiger partial charge on any atom is -0.481 e. The Morgan fingerprint density at radius 2 is 2.35 bits per heavy atom. The number of thiazole rings is 1. The summed E-state index contributed by atoms with van der Waals surface area (Å²) in [7, 11) is 0. The highest BCUT2D eigenvalue weighted by atomic mass is 32.1. The number of nitrogens with one attached hydrogen (secondary N) is 1. The summed E-state index contributed by atoms with van der Waals surface area (Å²) >= 11 is 1.51. The first-order valence-corrected chi connectivity index (χ1v) is 7.68. The fourth-order valence-electron chi connectivity index (χ4n) is 2.03. The molecule has 1 aliphatic rings. The van der Waals surface area contributed by atoms with Crippen LogP contribution in [0.3, 0.4) is 0 Å². The Bertz CT molecular complexity index is 459. The van der Waals surface area contributed by atoms with E-state index < -0.39 is 5.97 Å². The van der Waals surface area contributed by atoms with Crippen molar-refractivity contribution in [3.05, 3.63) is 16.6 Å². The smallest absolute Gasteiger partial charge is 0.318 e. The summed E-state index contributed by atoms with van der Waals surface area (Å²) in [5.74, 6) is -0.879. The highest BCUT2D eigenvalue weighted by Crippen LogP contribution is 2.28. The van der Waals surface area contributed by atoms with Gasteiger partial charge in [-0.1, -0.05) is 6.92 Å². The van der Waals surface area contributed by atoms with E-state index in [1.165, 1.54) is 11.3 Å². The van der Waals surface area contributed by atoms with Crippen LogP contribution in [0.2, 0.25) is 0 Å². The SMILES string of the molecule is CCC(NC(=O)N(CCC(=O)O)C1CC1)c1nccs1. The Labute approximate surface area is 121 Å². The third-order valence-corrected chi connectivity index (χ3v) is 4.16.